The number of piperidine rings is 1. The maximum absolute atomic E-state index is 11.4. The van der Waals surface area contributed by atoms with Crippen LogP contribution in [0.2, 0.25) is 0 Å². The van der Waals surface area contributed by atoms with Crippen molar-refractivity contribution in [2.45, 2.75) is 30.3 Å². The molecule has 1 fully saturated rings. The summed E-state index contributed by atoms with van der Waals surface area (Å²) in [6, 6.07) is 7.44. The molecule has 1 aromatic rings. The molecular weight excluding hydrogens is 286 g/mol. The lowest BCUT2D eigenvalue weighted by Crippen LogP contribution is -2.42. The second kappa shape index (κ2) is 7.35. The number of nitrogens with zero attached hydrogens (tertiary/aromatic N) is 1. The van der Waals surface area contributed by atoms with Gasteiger partial charge in [0.15, 0.2) is 9.84 Å². The highest BCUT2D eigenvalue weighted by atomic mass is 32.2. The molecule has 21 heavy (non-hydrogen) atoms. The Kier molecular flexibility index (Phi) is 5.75. The molecule has 1 heterocycles. The SMILES string of the molecule is CS(=O)(=O)c1ccc(CNCCN2CCC(N)CC2)cc1. The van der Waals surface area contributed by atoms with Crippen LogP contribution in [0, 0.1) is 0 Å². The number of benzene rings is 1. The van der Waals surface area contributed by atoms with Crippen LogP contribution in [-0.2, 0) is 16.4 Å². The maximum atomic E-state index is 11.4. The maximum Gasteiger partial charge on any atom is 0.175 e. The summed E-state index contributed by atoms with van der Waals surface area (Å²) in [7, 11) is -3.10. The van der Waals surface area contributed by atoms with Crippen LogP contribution in [0.15, 0.2) is 29.2 Å². The number of hydrogen-bond donors (Lipinski definition) is 2. The molecule has 3 N–H and O–H groups in total. The van der Waals surface area contributed by atoms with Crippen LogP contribution >= 0.6 is 0 Å². The minimum atomic E-state index is -3.10. The Morgan fingerprint density at radius 1 is 1.24 bits per heavy atom. The van der Waals surface area contributed by atoms with Crippen molar-refractivity contribution < 1.29 is 8.42 Å². The van der Waals surface area contributed by atoms with E-state index in [1.807, 2.05) is 12.1 Å². The van der Waals surface area contributed by atoms with E-state index in [4.69, 9.17) is 5.73 Å². The predicted molar refractivity (Wildman–Crippen MR) is 84.9 cm³/mol. The monoisotopic (exact) mass is 311 g/mol. The minimum absolute atomic E-state index is 0.371. The van der Waals surface area contributed by atoms with E-state index in [1.165, 1.54) is 6.26 Å². The van der Waals surface area contributed by atoms with Crippen LogP contribution in [0.25, 0.3) is 0 Å². The van der Waals surface area contributed by atoms with Crippen LogP contribution in [0.4, 0.5) is 0 Å². The first kappa shape index (κ1) is 16.4. The molecule has 1 aliphatic heterocycles. The second-order valence-electron chi connectivity index (χ2n) is 5.77. The molecule has 1 aliphatic rings. The van der Waals surface area contributed by atoms with Gasteiger partial charge in [-0.25, -0.2) is 8.42 Å². The highest BCUT2D eigenvalue weighted by Gasteiger charge is 2.14. The predicted octanol–water partition coefficient (Wildman–Crippen LogP) is 0.603. The fourth-order valence-electron chi connectivity index (χ4n) is 2.50. The zero-order valence-corrected chi connectivity index (χ0v) is 13.4. The molecule has 6 heteroatoms. The molecule has 1 saturated heterocycles. The van der Waals surface area contributed by atoms with Crippen molar-refractivity contribution in [1.29, 1.82) is 0 Å². The normalized spacial score (nSPS) is 18.0. The van der Waals surface area contributed by atoms with Gasteiger partial charge in [0.25, 0.3) is 0 Å². The van der Waals surface area contributed by atoms with Gasteiger partial charge in [-0.2, -0.15) is 0 Å². The van der Waals surface area contributed by atoms with Gasteiger partial charge in [-0.1, -0.05) is 12.1 Å². The first-order chi connectivity index (χ1) is 9.95. The molecule has 118 valence electrons. The van der Waals surface area contributed by atoms with Crippen molar-refractivity contribution in [1.82, 2.24) is 10.2 Å². The summed E-state index contributed by atoms with van der Waals surface area (Å²) in [5, 5.41) is 3.40. The largest absolute Gasteiger partial charge is 0.328 e. The van der Waals surface area contributed by atoms with Gasteiger partial charge < -0.3 is 16.0 Å². The summed E-state index contributed by atoms with van der Waals surface area (Å²) in [5.41, 5.74) is 6.99. The molecule has 1 aromatic carbocycles. The molecule has 0 spiro atoms. The quantitative estimate of drug-likeness (QED) is 0.753. The summed E-state index contributed by atoms with van der Waals surface area (Å²) in [5.74, 6) is 0. The van der Waals surface area contributed by atoms with E-state index < -0.39 is 9.84 Å². The third kappa shape index (κ3) is 5.39. The van der Waals surface area contributed by atoms with Crippen molar-refractivity contribution in [3.05, 3.63) is 29.8 Å². The standard InChI is InChI=1S/C15H25N3O2S/c1-21(19,20)15-4-2-13(3-5-15)12-17-8-11-18-9-6-14(16)7-10-18/h2-5,14,17H,6-12,16H2,1H3. The molecule has 0 atom stereocenters. The fourth-order valence-corrected chi connectivity index (χ4v) is 3.13. The molecule has 0 aromatic heterocycles. The summed E-state index contributed by atoms with van der Waals surface area (Å²) in [6.45, 7) is 4.91. The zero-order valence-electron chi connectivity index (χ0n) is 12.6. The fraction of sp³-hybridized carbons (Fsp3) is 0.600. The van der Waals surface area contributed by atoms with E-state index in [-0.39, 0.29) is 0 Å². The third-order valence-electron chi connectivity index (χ3n) is 3.92. The van der Waals surface area contributed by atoms with E-state index in [9.17, 15) is 8.42 Å². The van der Waals surface area contributed by atoms with Gasteiger partial charge in [0.05, 0.1) is 4.90 Å². The van der Waals surface area contributed by atoms with E-state index >= 15 is 0 Å². The number of hydrogen-bond acceptors (Lipinski definition) is 5. The van der Waals surface area contributed by atoms with Gasteiger partial charge in [-0.15, -0.1) is 0 Å². The van der Waals surface area contributed by atoms with Gasteiger partial charge in [-0.05, 0) is 43.6 Å². The molecule has 0 bridgehead atoms. The summed E-state index contributed by atoms with van der Waals surface area (Å²) in [6.07, 6.45) is 3.41. The van der Waals surface area contributed by atoms with Gasteiger partial charge in [0.2, 0.25) is 0 Å². The molecule has 0 aliphatic carbocycles. The molecule has 0 amide bonds. The van der Waals surface area contributed by atoms with Crippen molar-refractivity contribution >= 4 is 9.84 Å². The Morgan fingerprint density at radius 2 is 1.86 bits per heavy atom. The number of likely N-dealkylation sites (tertiary alicyclic amines) is 1. The summed E-state index contributed by atoms with van der Waals surface area (Å²) in [4.78, 5) is 2.80. The smallest absolute Gasteiger partial charge is 0.175 e. The van der Waals surface area contributed by atoms with Crippen LogP contribution in [0.3, 0.4) is 0 Å². The van der Waals surface area contributed by atoms with Crippen molar-refractivity contribution in [2.24, 2.45) is 5.73 Å². The van der Waals surface area contributed by atoms with Gasteiger partial charge >= 0.3 is 0 Å². The lowest BCUT2D eigenvalue weighted by molar-refractivity contribution is 0.213. The van der Waals surface area contributed by atoms with Crippen LogP contribution in [-0.4, -0.2) is 51.8 Å². The average molecular weight is 311 g/mol. The van der Waals surface area contributed by atoms with Gasteiger partial charge in [0, 0.05) is 31.9 Å². The van der Waals surface area contributed by atoms with Gasteiger partial charge in [-0.3, -0.25) is 0 Å². The van der Waals surface area contributed by atoms with Crippen LogP contribution < -0.4 is 11.1 Å². The van der Waals surface area contributed by atoms with E-state index in [0.717, 1.165) is 51.1 Å². The number of nitrogens with two attached hydrogens (primary N) is 1. The van der Waals surface area contributed by atoms with Crippen LogP contribution in [0.1, 0.15) is 18.4 Å². The summed E-state index contributed by atoms with van der Waals surface area (Å²) >= 11 is 0. The highest BCUT2D eigenvalue weighted by molar-refractivity contribution is 7.90. The minimum Gasteiger partial charge on any atom is -0.328 e. The molecule has 5 nitrogen and oxygen atoms in total. The van der Waals surface area contributed by atoms with E-state index in [0.29, 0.717) is 10.9 Å². The Bertz CT molecular complexity index is 535. The van der Waals surface area contributed by atoms with Crippen molar-refractivity contribution in [3.8, 4) is 0 Å². The molecular formula is C15H25N3O2S. The molecule has 0 radical (unpaired) electrons. The lowest BCUT2D eigenvalue weighted by Gasteiger charge is -2.30. The Balaban J connectivity index is 1.69. The second-order valence-corrected chi connectivity index (χ2v) is 7.79. The number of rotatable bonds is 6. The number of nitrogens with one attached hydrogen (secondary N) is 1. The molecule has 0 saturated carbocycles. The highest BCUT2D eigenvalue weighted by Crippen LogP contribution is 2.10. The Hall–Kier alpha value is -0.950. The Labute approximate surface area is 127 Å². The Morgan fingerprint density at radius 3 is 2.43 bits per heavy atom. The van der Waals surface area contributed by atoms with E-state index in [1.54, 1.807) is 12.1 Å². The van der Waals surface area contributed by atoms with Gasteiger partial charge in [0.1, 0.15) is 0 Å². The zero-order chi connectivity index (χ0) is 15.3. The summed E-state index contributed by atoms with van der Waals surface area (Å²) < 4.78 is 22.7. The third-order valence-corrected chi connectivity index (χ3v) is 5.05. The van der Waals surface area contributed by atoms with Crippen molar-refractivity contribution in [2.75, 3.05) is 32.4 Å². The lowest BCUT2D eigenvalue weighted by atomic mass is 10.1. The van der Waals surface area contributed by atoms with Crippen LogP contribution in [0.5, 0.6) is 0 Å². The molecule has 0 unspecified atom stereocenters. The number of sulfone groups is 1. The van der Waals surface area contributed by atoms with E-state index in [2.05, 4.69) is 10.2 Å². The first-order valence-electron chi connectivity index (χ1n) is 7.43. The first-order valence-corrected chi connectivity index (χ1v) is 9.32. The average Bonchev–Trinajstić information content (AvgIpc) is 2.45. The van der Waals surface area contributed by atoms with Crippen molar-refractivity contribution in [3.63, 3.8) is 0 Å². The molecule has 2 rings (SSSR count). The topological polar surface area (TPSA) is 75.4 Å².